The zero-order chi connectivity index (χ0) is 25.2. The van der Waals surface area contributed by atoms with Gasteiger partial charge < -0.3 is 14.8 Å². The summed E-state index contributed by atoms with van der Waals surface area (Å²) in [5.74, 6) is 0.870. The largest absolute Gasteiger partial charge is 0.330 e. The SMILES string of the molecule is CCN(CC)S(=O)(=O)c1ccc2c(c1)nc(CN1CCN(C(=O)Nc3ccc(C)cc3)CC1)n2C. The predicted octanol–water partition coefficient (Wildman–Crippen LogP) is 3.26. The number of hydrogen-bond acceptors (Lipinski definition) is 5. The van der Waals surface area contributed by atoms with Crippen LogP contribution in [0.5, 0.6) is 0 Å². The highest BCUT2D eigenvalue weighted by atomic mass is 32.2. The predicted molar refractivity (Wildman–Crippen MR) is 138 cm³/mol. The second-order valence-electron chi connectivity index (χ2n) is 8.89. The van der Waals surface area contributed by atoms with Gasteiger partial charge in [-0.25, -0.2) is 18.2 Å². The fourth-order valence-corrected chi connectivity index (χ4v) is 5.87. The number of carbonyl (C=O) groups is 1. The molecule has 1 saturated heterocycles. The highest BCUT2D eigenvalue weighted by molar-refractivity contribution is 7.89. The van der Waals surface area contributed by atoms with E-state index >= 15 is 0 Å². The molecule has 2 heterocycles. The van der Waals surface area contributed by atoms with Gasteiger partial charge in [0.15, 0.2) is 0 Å². The molecule has 10 heteroatoms. The van der Waals surface area contributed by atoms with E-state index in [4.69, 9.17) is 4.98 Å². The lowest BCUT2D eigenvalue weighted by Crippen LogP contribution is -2.49. The minimum Gasteiger partial charge on any atom is -0.330 e. The van der Waals surface area contributed by atoms with E-state index in [1.165, 1.54) is 4.31 Å². The van der Waals surface area contributed by atoms with Crippen LogP contribution in [0.1, 0.15) is 25.2 Å². The van der Waals surface area contributed by atoms with E-state index in [1.54, 1.807) is 12.1 Å². The standard InChI is InChI=1S/C25H34N6O3S/c1-5-31(6-2)35(33,34)21-11-12-23-22(17-21)27-24(28(23)4)18-29-13-15-30(16-14-29)25(32)26-20-9-7-19(3)8-10-20/h7-12,17H,5-6,13-16,18H2,1-4H3,(H,26,32). The number of imidazole rings is 1. The first-order chi connectivity index (χ1) is 16.7. The maximum atomic E-state index is 12.9. The van der Waals surface area contributed by atoms with E-state index in [0.29, 0.717) is 38.2 Å². The van der Waals surface area contributed by atoms with E-state index in [2.05, 4.69) is 10.2 Å². The van der Waals surface area contributed by atoms with Gasteiger partial charge in [0.2, 0.25) is 10.0 Å². The number of amides is 2. The average Bonchev–Trinajstić information content (AvgIpc) is 3.16. The van der Waals surface area contributed by atoms with Crippen LogP contribution >= 0.6 is 0 Å². The Balaban J connectivity index is 1.40. The van der Waals surface area contributed by atoms with Crippen LogP contribution in [-0.2, 0) is 23.6 Å². The number of rotatable bonds is 7. The van der Waals surface area contributed by atoms with Crippen LogP contribution in [0, 0.1) is 6.92 Å². The summed E-state index contributed by atoms with van der Waals surface area (Å²) in [6, 6.07) is 12.8. The first-order valence-electron chi connectivity index (χ1n) is 12.0. The number of hydrogen-bond donors (Lipinski definition) is 1. The van der Waals surface area contributed by atoms with Crippen molar-refractivity contribution in [1.82, 2.24) is 23.7 Å². The van der Waals surface area contributed by atoms with E-state index < -0.39 is 10.0 Å². The second-order valence-corrected chi connectivity index (χ2v) is 10.8. The molecular formula is C25H34N6O3S. The zero-order valence-electron chi connectivity index (χ0n) is 20.9. The summed E-state index contributed by atoms with van der Waals surface area (Å²) in [7, 11) is -1.58. The van der Waals surface area contributed by atoms with Crippen molar-refractivity contribution in [3.63, 3.8) is 0 Å². The number of nitrogens with zero attached hydrogens (tertiary/aromatic N) is 5. The molecule has 0 spiro atoms. The van der Waals surface area contributed by atoms with Gasteiger partial charge in [-0.1, -0.05) is 31.5 Å². The van der Waals surface area contributed by atoms with Gasteiger partial charge in [0.05, 0.1) is 22.5 Å². The first kappa shape index (κ1) is 25.2. The lowest BCUT2D eigenvalue weighted by molar-refractivity contribution is 0.140. The van der Waals surface area contributed by atoms with Crippen molar-refractivity contribution in [2.24, 2.45) is 7.05 Å². The molecule has 2 amide bonds. The molecule has 2 aromatic carbocycles. The normalized spacial score (nSPS) is 15.2. The Morgan fingerprint density at radius 3 is 2.31 bits per heavy atom. The number of urea groups is 1. The molecule has 0 atom stereocenters. The summed E-state index contributed by atoms with van der Waals surface area (Å²) in [5.41, 5.74) is 3.52. The van der Waals surface area contributed by atoms with Crippen LogP contribution in [0.3, 0.4) is 0 Å². The summed E-state index contributed by atoms with van der Waals surface area (Å²) in [4.78, 5) is 21.7. The molecule has 35 heavy (non-hydrogen) atoms. The Morgan fingerprint density at radius 1 is 1.03 bits per heavy atom. The topological polar surface area (TPSA) is 90.8 Å². The number of anilines is 1. The average molecular weight is 499 g/mol. The lowest BCUT2D eigenvalue weighted by Gasteiger charge is -2.34. The highest BCUT2D eigenvalue weighted by Crippen LogP contribution is 2.23. The summed E-state index contributed by atoms with van der Waals surface area (Å²) in [5, 5.41) is 2.96. The smallest absolute Gasteiger partial charge is 0.321 e. The highest BCUT2D eigenvalue weighted by Gasteiger charge is 2.25. The number of aromatic nitrogens is 2. The fourth-order valence-electron chi connectivity index (χ4n) is 4.39. The van der Waals surface area contributed by atoms with Crippen molar-refractivity contribution in [2.75, 3.05) is 44.6 Å². The van der Waals surface area contributed by atoms with E-state index in [-0.39, 0.29) is 10.9 Å². The fraction of sp³-hybridized carbons (Fsp3) is 0.440. The quantitative estimate of drug-likeness (QED) is 0.540. The first-order valence-corrected chi connectivity index (χ1v) is 13.5. The molecule has 4 rings (SSSR count). The Hall–Kier alpha value is -2.95. The van der Waals surface area contributed by atoms with Gasteiger partial charge in [-0.05, 0) is 37.3 Å². The van der Waals surface area contributed by atoms with Gasteiger partial charge in [-0.3, -0.25) is 4.90 Å². The van der Waals surface area contributed by atoms with Crippen LogP contribution in [0.15, 0.2) is 47.4 Å². The van der Waals surface area contributed by atoms with Crippen molar-refractivity contribution in [3.05, 3.63) is 53.9 Å². The minimum absolute atomic E-state index is 0.0850. The number of nitrogens with one attached hydrogen (secondary N) is 1. The third-order valence-corrected chi connectivity index (χ3v) is 8.66. The van der Waals surface area contributed by atoms with Crippen LogP contribution in [0.4, 0.5) is 10.5 Å². The maximum absolute atomic E-state index is 12.9. The molecule has 0 radical (unpaired) electrons. The Bertz CT molecular complexity index is 1290. The third kappa shape index (κ3) is 5.34. The van der Waals surface area contributed by atoms with Crippen LogP contribution in [0.25, 0.3) is 11.0 Å². The summed E-state index contributed by atoms with van der Waals surface area (Å²) in [6.07, 6.45) is 0. The summed E-state index contributed by atoms with van der Waals surface area (Å²) in [6.45, 7) is 9.94. The van der Waals surface area contributed by atoms with Crippen LogP contribution in [0.2, 0.25) is 0 Å². The molecule has 188 valence electrons. The number of aryl methyl sites for hydroxylation is 2. The molecule has 3 aromatic rings. The van der Waals surface area contributed by atoms with Gasteiger partial charge in [0.1, 0.15) is 5.82 Å². The number of fused-ring (bicyclic) bond motifs is 1. The number of carbonyl (C=O) groups excluding carboxylic acids is 1. The van der Waals surface area contributed by atoms with E-state index in [9.17, 15) is 13.2 Å². The van der Waals surface area contributed by atoms with Crippen LogP contribution < -0.4 is 5.32 Å². The maximum Gasteiger partial charge on any atom is 0.321 e. The van der Waals surface area contributed by atoms with Crippen molar-refractivity contribution < 1.29 is 13.2 Å². The molecule has 9 nitrogen and oxygen atoms in total. The van der Waals surface area contributed by atoms with Gasteiger partial charge in [-0.15, -0.1) is 0 Å². The molecule has 0 unspecified atom stereocenters. The third-order valence-electron chi connectivity index (χ3n) is 6.62. The number of piperazine rings is 1. The molecule has 1 N–H and O–H groups in total. The lowest BCUT2D eigenvalue weighted by atomic mass is 10.2. The molecule has 0 saturated carbocycles. The van der Waals surface area contributed by atoms with Crippen molar-refractivity contribution >= 4 is 32.8 Å². The molecule has 1 aliphatic rings. The molecule has 0 aliphatic carbocycles. The number of benzene rings is 2. The number of sulfonamides is 1. The van der Waals surface area contributed by atoms with Crippen LogP contribution in [-0.4, -0.2) is 77.4 Å². The monoisotopic (exact) mass is 498 g/mol. The van der Waals surface area contributed by atoms with E-state index in [0.717, 1.165) is 35.7 Å². The van der Waals surface area contributed by atoms with Gasteiger partial charge in [0.25, 0.3) is 0 Å². The molecule has 1 aliphatic heterocycles. The van der Waals surface area contributed by atoms with Crippen molar-refractivity contribution in [3.8, 4) is 0 Å². The van der Waals surface area contributed by atoms with Gasteiger partial charge in [0, 0.05) is 52.0 Å². The Labute approximate surface area is 207 Å². The van der Waals surface area contributed by atoms with Gasteiger partial charge >= 0.3 is 6.03 Å². The van der Waals surface area contributed by atoms with E-state index in [1.807, 2.05) is 67.6 Å². The summed E-state index contributed by atoms with van der Waals surface area (Å²) < 4.78 is 29.3. The molecule has 0 bridgehead atoms. The minimum atomic E-state index is -3.53. The molecular weight excluding hydrogens is 464 g/mol. The molecule has 1 aromatic heterocycles. The Morgan fingerprint density at radius 2 is 1.69 bits per heavy atom. The Kier molecular flexibility index (Phi) is 7.44. The summed E-state index contributed by atoms with van der Waals surface area (Å²) >= 11 is 0. The molecule has 1 fully saturated rings. The van der Waals surface area contributed by atoms with Gasteiger partial charge in [-0.2, -0.15) is 4.31 Å². The second kappa shape index (κ2) is 10.3. The van der Waals surface area contributed by atoms with Crippen molar-refractivity contribution in [1.29, 1.82) is 0 Å². The van der Waals surface area contributed by atoms with Crippen molar-refractivity contribution in [2.45, 2.75) is 32.2 Å². The zero-order valence-corrected chi connectivity index (χ0v) is 21.7.